The largest absolute Gasteiger partial charge is 0.370 e. The van der Waals surface area contributed by atoms with Crippen LogP contribution in [0.5, 0.6) is 0 Å². The number of guanidine groups is 1. The number of hydrogen-bond acceptors (Lipinski definition) is 3. The van der Waals surface area contributed by atoms with Crippen molar-refractivity contribution in [3.8, 4) is 0 Å². The first-order valence-electron chi connectivity index (χ1n) is 4.75. The molecule has 5 N–H and O–H groups in total. The SMILES string of the molecule is CC(C)(C)NC(N)=NCCOCC(N)=O. The fraction of sp³-hybridized carbons (Fsp3) is 0.778. The van der Waals surface area contributed by atoms with Gasteiger partial charge in [-0.2, -0.15) is 0 Å². The maximum atomic E-state index is 10.3. The summed E-state index contributed by atoms with van der Waals surface area (Å²) in [5.74, 6) is -0.120. The molecule has 0 bridgehead atoms. The summed E-state index contributed by atoms with van der Waals surface area (Å²) in [6.07, 6.45) is 0. The van der Waals surface area contributed by atoms with Crippen LogP contribution in [0.25, 0.3) is 0 Å². The first-order chi connectivity index (χ1) is 6.81. The molecule has 0 heterocycles. The molecule has 0 unspecified atom stereocenters. The molecule has 0 aromatic heterocycles. The van der Waals surface area contributed by atoms with Crippen LogP contribution in [-0.4, -0.2) is 37.2 Å². The molecular weight excluding hydrogens is 196 g/mol. The fourth-order valence-electron chi connectivity index (χ4n) is 0.827. The summed E-state index contributed by atoms with van der Waals surface area (Å²) < 4.78 is 4.91. The van der Waals surface area contributed by atoms with Crippen LogP contribution in [0.4, 0.5) is 0 Å². The molecule has 0 spiro atoms. The van der Waals surface area contributed by atoms with Crippen molar-refractivity contribution < 1.29 is 9.53 Å². The van der Waals surface area contributed by atoms with Crippen molar-refractivity contribution in [2.24, 2.45) is 16.5 Å². The molecule has 6 nitrogen and oxygen atoms in total. The number of nitrogens with zero attached hydrogens (tertiary/aromatic N) is 1. The Morgan fingerprint density at radius 1 is 1.40 bits per heavy atom. The number of carbonyl (C=O) groups is 1. The highest BCUT2D eigenvalue weighted by molar-refractivity contribution is 5.78. The molecule has 0 rings (SSSR count). The highest BCUT2D eigenvalue weighted by atomic mass is 16.5. The van der Waals surface area contributed by atoms with Crippen LogP contribution in [0.2, 0.25) is 0 Å². The smallest absolute Gasteiger partial charge is 0.243 e. The summed E-state index contributed by atoms with van der Waals surface area (Å²) in [6, 6.07) is 0. The van der Waals surface area contributed by atoms with E-state index in [4.69, 9.17) is 16.2 Å². The van der Waals surface area contributed by atoms with Gasteiger partial charge >= 0.3 is 0 Å². The molecule has 0 saturated carbocycles. The minimum Gasteiger partial charge on any atom is -0.370 e. The van der Waals surface area contributed by atoms with Crippen molar-refractivity contribution in [3.05, 3.63) is 0 Å². The zero-order valence-electron chi connectivity index (χ0n) is 9.54. The van der Waals surface area contributed by atoms with Gasteiger partial charge in [0.2, 0.25) is 5.91 Å². The van der Waals surface area contributed by atoms with E-state index >= 15 is 0 Å². The van der Waals surface area contributed by atoms with Crippen LogP contribution < -0.4 is 16.8 Å². The van der Waals surface area contributed by atoms with Gasteiger partial charge in [0.15, 0.2) is 5.96 Å². The summed E-state index contributed by atoms with van der Waals surface area (Å²) in [5.41, 5.74) is 10.4. The Hall–Kier alpha value is -1.30. The van der Waals surface area contributed by atoms with Gasteiger partial charge < -0.3 is 21.5 Å². The van der Waals surface area contributed by atoms with Crippen LogP contribution in [0, 0.1) is 0 Å². The Morgan fingerprint density at radius 3 is 2.47 bits per heavy atom. The molecular formula is C9H20N4O2. The lowest BCUT2D eigenvalue weighted by Gasteiger charge is -2.20. The first-order valence-corrected chi connectivity index (χ1v) is 4.75. The van der Waals surface area contributed by atoms with Crippen molar-refractivity contribution >= 4 is 11.9 Å². The third kappa shape index (κ3) is 10.6. The van der Waals surface area contributed by atoms with E-state index < -0.39 is 5.91 Å². The molecule has 0 aliphatic heterocycles. The van der Waals surface area contributed by atoms with Crippen molar-refractivity contribution in [2.45, 2.75) is 26.3 Å². The van der Waals surface area contributed by atoms with Gasteiger partial charge in [-0.05, 0) is 20.8 Å². The highest BCUT2D eigenvalue weighted by Gasteiger charge is 2.09. The molecule has 0 radical (unpaired) electrons. The molecule has 15 heavy (non-hydrogen) atoms. The maximum absolute atomic E-state index is 10.3. The van der Waals surface area contributed by atoms with Crippen LogP contribution >= 0.6 is 0 Å². The van der Waals surface area contributed by atoms with E-state index in [1.807, 2.05) is 20.8 Å². The molecule has 6 heteroatoms. The quantitative estimate of drug-likeness (QED) is 0.318. The normalized spacial score (nSPS) is 12.6. The number of ether oxygens (including phenoxy) is 1. The van der Waals surface area contributed by atoms with Gasteiger partial charge in [-0.25, -0.2) is 0 Å². The Labute approximate surface area is 90.1 Å². The van der Waals surface area contributed by atoms with Crippen LogP contribution in [0.1, 0.15) is 20.8 Å². The van der Waals surface area contributed by atoms with Gasteiger partial charge in [-0.1, -0.05) is 0 Å². The number of hydrogen-bond donors (Lipinski definition) is 3. The first kappa shape index (κ1) is 13.7. The average molecular weight is 216 g/mol. The van der Waals surface area contributed by atoms with Crippen LogP contribution in [0.15, 0.2) is 4.99 Å². The lowest BCUT2D eigenvalue weighted by Crippen LogP contribution is -2.45. The van der Waals surface area contributed by atoms with Crippen LogP contribution in [0.3, 0.4) is 0 Å². The topological polar surface area (TPSA) is 103 Å². The maximum Gasteiger partial charge on any atom is 0.243 e. The van der Waals surface area contributed by atoms with E-state index in [1.165, 1.54) is 0 Å². The monoisotopic (exact) mass is 216 g/mol. The second kappa shape index (κ2) is 6.23. The van der Waals surface area contributed by atoms with E-state index in [1.54, 1.807) is 0 Å². The Bertz CT molecular complexity index is 233. The lowest BCUT2D eigenvalue weighted by atomic mass is 10.1. The van der Waals surface area contributed by atoms with Gasteiger partial charge in [-0.3, -0.25) is 9.79 Å². The van der Waals surface area contributed by atoms with Gasteiger partial charge in [0, 0.05) is 5.54 Å². The summed E-state index contributed by atoms with van der Waals surface area (Å²) in [6.45, 7) is 6.61. The molecule has 0 aromatic carbocycles. The summed E-state index contributed by atoms with van der Waals surface area (Å²) in [5, 5.41) is 3.00. The molecule has 0 aliphatic rings. The van der Waals surface area contributed by atoms with E-state index in [-0.39, 0.29) is 12.1 Å². The third-order valence-electron chi connectivity index (χ3n) is 1.27. The number of nitrogens with one attached hydrogen (secondary N) is 1. The number of rotatable bonds is 5. The number of nitrogens with two attached hydrogens (primary N) is 2. The molecule has 0 atom stereocenters. The second-order valence-corrected chi connectivity index (χ2v) is 4.16. The minimum absolute atomic E-state index is 0.0812. The van der Waals surface area contributed by atoms with Gasteiger partial charge in [0.25, 0.3) is 0 Å². The van der Waals surface area contributed by atoms with Crippen molar-refractivity contribution in [2.75, 3.05) is 19.8 Å². The highest BCUT2D eigenvalue weighted by Crippen LogP contribution is 1.96. The fourth-order valence-corrected chi connectivity index (χ4v) is 0.827. The number of amides is 1. The Kier molecular flexibility index (Phi) is 5.69. The second-order valence-electron chi connectivity index (χ2n) is 4.16. The summed E-state index contributed by atoms with van der Waals surface area (Å²) in [4.78, 5) is 14.3. The predicted molar refractivity (Wildman–Crippen MR) is 59.4 cm³/mol. The van der Waals surface area contributed by atoms with Crippen LogP contribution in [-0.2, 0) is 9.53 Å². The Morgan fingerprint density at radius 2 is 2.00 bits per heavy atom. The average Bonchev–Trinajstić information content (AvgIpc) is 1.99. The zero-order chi connectivity index (χ0) is 11.9. The van der Waals surface area contributed by atoms with Gasteiger partial charge in [0.05, 0.1) is 13.2 Å². The molecule has 0 aliphatic carbocycles. The minimum atomic E-state index is -0.486. The van der Waals surface area contributed by atoms with Gasteiger partial charge in [-0.15, -0.1) is 0 Å². The molecule has 88 valence electrons. The summed E-state index contributed by atoms with van der Waals surface area (Å²) >= 11 is 0. The third-order valence-corrected chi connectivity index (χ3v) is 1.27. The van der Waals surface area contributed by atoms with Gasteiger partial charge in [0.1, 0.15) is 6.61 Å². The zero-order valence-corrected chi connectivity index (χ0v) is 9.54. The molecule has 1 amide bonds. The van der Waals surface area contributed by atoms with Crippen molar-refractivity contribution in [1.82, 2.24) is 5.32 Å². The van der Waals surface area contributed by atoms with Crippen molar-refractivity contribution in [1.29, 1.82) is 0 Å². The van der Waals surface area contributed by atoms with E-state index in [2.05, 4.69) is 10.3 Å². The summed E-state index contributed by atoms with van der Waals surface area (Å²) in [7, 11) is 0. The van der Waals surface area contributed by atoms with E-state index in [0.29, 0.717) is 19.1 Å². The molecule has 0 fully saturated rings. The van der Waals surface area contributed by atoms with E-state index in [0.717, 1.165) is 0 Å². The Balaban J connectivity index is 3.63. The molecule has 0 aromatic rings. The number of primary amides is 1. The molecule has 0 saturated heterocycles. The lowest BCUT2D eigenvalue weighted by molar-refractivity contribution is -0.122. The van der Waals surface area contributed by atoms with E-state index in [9.17, 15) is 4.79 Å². The number of carbonyl (C=O) groups excluding carboxylic acids is 1. The number of aliphatic imine (C=N–C) groups is 1. The predicted octanol–water partition coefficient (Wildman–Crippen LogP) is -0.809. The van der Waals surface area contributed by atoms with Crippen molar-refractivity contribution in [3.63, 3.8) is 0 Å². The standard InChI is InChI=1S/C9H20N4O2/c1-9(2,3)13-8(11)12-4-5-15-6-7(10)14/h4-6H2,1-3H3,(H2,10,14)(H3,11,12,13).